The van der Waals surface area contributed by atoms with E-state index in [1.54, 1.807) is 6.07 Å². The fourth-order valence-corrected chi connectivity index (χ4v) is 3.18. The highest BCUT2D eigenvalue weighted by Crippen LogP contribution is 2.34. The van der Waals surface area contributed by atoms with Crippen molar-refractivity contribution in [1.82, 2.24) is 15.0 Å². The molecule has 0 saturated heterocycles. The first-order valence-electron chi connectivity index (χ1n) is 7.09. The Morgan fingerprint density at radius 1 is 1.23 bits per heavy atom. The highest BCUT2D eigenvalue weighted by atomic mass is 35.5. The van der Waals surface area contributed by atoms with Gasteiger partial charge in [-0.05, 0) is 44.4 Å². The fourth-order valence-electron chi connectivity index (χ4n) is 2.92. The highest BCUT2D eigenvalue weighted by molar-refractivity contribution is 6.29. The first-order valence-corrected chi connectivity index (χ1v) is 7.47. The summed E-state index contributed by atoms with van der Waals surface area (Å²) in [7, 11) is 1.52. The molecule has 0 aromatic carbocycles. The molecule has 5 nitrogen and oxygen atoms in total. The largest absolute Gasteiger partial charge is 0.467 e. The first-order chi connectivity index (χ1) is 10.5. The smallest absolute Gasteiger partial charge is 0.316 e. The summed E-state index contributed by atoms with van der Waals surface area (Å²) in [6.07, 6.45) is 1.37. The average Bonchev–Trinajstić information content (AvgIpc) is 2.46. The number of aromatic nitrogens is 3. The number of pyridine rings is 1. The van der Waals surface area contributed by atoms with Gasteiger partial charge < -0.3 is 4.74 Å². The Morgan fingerprint density at radius 2 is 2.00 bits per heavy atom. The van der Waals surface area contributed by atoms with E-state index in [0.29, 0.717) is 35.3 Å². The molecule has 1 unspecified atom stereocenters. The van der Waals surface area contributed by atoms with E-state index < -0.39 is 0 Å². The molecule has 2 aromatic heterocycles. The molecule has 2 heterocycles. The molecule has 3 rings (SSSR count). The number of ketones is 1. The molecule has 114 valence electrons. The number of hydrogen-bond donors (Lipinski definition) is 0. The van der Waals surface area contributed by atoms with Crippen molar-refractivity contribution in [2.75, 3.05) is 7.11 Å². The number of Topliss-reactive ketones (excluding diaryl/α,β-unsaturated/α-hetero) is 1. The van der Waals surface area contributed by atoms with Crippen LogP contribution in [-0.4, -0.2) is 27.8 Å². The standard InChI is InChI=1S/C16H16ClN3O2/c1-8-6-13(17)19-11-5-4-10(15(21)14(8)11)12-7-9(2)18-16(20-12)22-3/h6-7,10H,4-5H2,1-3H3. The lowest BCUT2D eigenvalue weighted by molar-refractivity contribution is 0.0942. The number of carbonyl (C=O) groups excluding carboxylic acids is 1. The number of halogens is 1. The van der Waals surface area contributed by atoms with Gasteiger partial charge in [0.05, 0.1) is 24.4 Å². The van der Waals surface area contributed by atoms with Crippen molar-refractivity contribution in [2.45, 2.75) is 32.6 Å². The van der Waals surface area contributed by atoms with Crippen LogP contribution in [0.5, 0.6) is 6.01 Å². The van der Waals surface area contributed by atoms with E-state index in [4.69, 9.17) is 16.3 Å². The highest BCUT2D eigenvalue weighted by Gasteiger charge is 2.32. The summed E-state index contributed by atoms with van der Waals surface area (Å²) in [5, 5.41) is 0.432. The Hall–Kier alpha value is -2.01. The van der Waals surface area contributed by atoms with Crippen molar-refractivity contribution in [3.8, 4) is 6.01 Å². The molecule has 22 heavy (non-hydrogen) atoms. The van der Waals surface area contributed by atoms with Crippen molar-refractivity contribution in [3.05, 3.63) is 45.5 Å². The number of ether oxygens (including phenoxy) is 1. The van der Waals surface area contributed by atoms with Gasteiger partial charge in [-0.15, -0.1) is 0 Å². The van der Waals surface area contributed by atoms with E-state index in [2.05, 4.69) is 15.0 Å². The zero-order valence-corrected chi connectivity index (χ0v) is 13.4. The molecule has 1 atom stereocenters. The third-order valence-electron chi connectivity index (χ3n) is 3.89. The SMILES string of the molecule is COc1nc(C)cc(C2CCc3nc(Cl)cc(C)c3C2=O)n1. The molecule has 0 bridgehead atoms. The normalized spacial score (nSPS) is 17.3. The van der Waals surface area contributed by atoms with Crippen LogP contribution in [0.1, 0.15) is 45.3 Å². The molecule has 0 aliphatic heterocycles. The monoisotopic (exact) mass is 317 g/mol. The molecule has 0 saturated carbocycles. The number of nitrogens with zero attached hydrogens (tertiary/aromatic N) is 3. The molecule has 0 spiro atoms. The van der Waals surface area contributed by atoms with Gasteiger partial charge in [0.2, 0.25) is 0 Å². The maximum atomic E-state index is 12.9. The first kappa shape index (κ1) is 14.9. The Bertz CT molecular complexity index is 761. The van der Waals surface area contributed by atoms with Gasteiger partial charge in [-0.3, -0.25) is 4.79 Å². The Balaban J connectivity index is 2.05. The molecular weight excluding hydrogens is 302 g/mol. The molecule has 0 radical (unpaired) electrons. The quantitative estimate of drug-likeness (QED) is 0.796. The van der Waals surface area contributed by atoms with Gasteiger partial charge in [-0.25, -0.2) is 9.97 Å². The summed E-state index contributed by atoms with van der Waals surface area (Å²) < 4.78 is 5.11. The van der Waals surface area contributed by atoms with Crippen LogP contribution < -0.4 is 4.74 Å². The van der Waals surface area contributed by atoms with Crippen molar-refractivity contribution in [3.63, 3.8) is 0 Å². The number of methoxy groups -OCH3 is 1. The maximum absolute atomic E-state index is 12.9. The molecule has 2 aromatic rings. The summed E-state index contributed by atoms with van der Waals surface area (Å²) in [5.74, 6) is -0.243. The molecule has 0 N–H and O–H groups in total. The van der Waals surface area contributed by atoms with Crippen LogP contribution in [0.4, 0.5) is 0 Å². The van der Waals surface area contributed by atoms with E-state index in [1.165, 1.54) is 7.11 Å². The molecule has 1 aliphatic carbocycles. The predicted molar refractivity (Wildman–Crippen MR) is 82.7 cm³/mol. The fraction of sp³-hybridized carbons (Fsp3) is 0.375. The minimum Gasteiger partial charge on any atom is -0.467 e. The van der Waals surface area contributed by atoms with Gasteiger partial charge in [0, 0.05) is 11.3 Å². The van der Waals surface area contributed by atoms with Gasteiger partial charge >= 0.3 is 6.01 Å². The molecular formula is C16H16ClN3O2. The summed E-state index contributed by atoms with van der Waals surface area (Å²) in [6.45, 7) is 3.75. The lowest BCUT2D eigenvalue weighted by atomic mass is 9.81. The average molecular weight is 318 g/mol. The minimum atomic E-state index is -0.287. The van der Waals surface area contributed by atoms with Crippen molar-refractivity contribution < 1.29 is 9.53 Å². The number of aryl methyl sites for hydroxylation is 3. The van der Waals surface area contributed by atoms with E-state index in [-0.39, 0.29) is 11.7 Å². The van der Waals surface area contributed by atoms with Gasteiger partial charge in [0.25, 0.3) is 0 Å². The van der Waals surface area contributed by atoms with Crippen molar-refractivity contribution in [1.29, 1.82) is 0 Å². The number of fused-ring (bicyclic) bond motifs is 1. The van der Waals surface area contributed by atoms with E-state index in [0.717, 1.165) is 17.0 Å². The van der Waals surface area contributed by atoms with Crippen LogP contribution in [0.25, 0.3) is 0 Å². The summed E-state index contributed by atoms with van der Waals surface area (Å²) in [5.41, 5.74) is 3.81. The van der Waals surface area contributed by atoms with Gasteiger partial charge in [0.1, 0.15) is 5.15 Å². The van der Waals surface area contributed by atoms with Crippen LogP contribution in [0.3, 0.4) is 0 Å². The number of hydrogen-bond acceptors (Lipinski definition) is 5. The summed E-state index contributed by atoms with van der Waals surface area (Å²) in [4.78, 5) is 25.7. The van der Waals surface area contributed by atoms with Crippen LogP contribution in [0.15, 0.2) is 12.1 Å². The lowest BCUT2D eigenvalue weighted by Gasteiger charge is -2.24. The van der Waals surface area contributed by atoms with E-state index in [1.807, 2.05) is 19.9 Å². The van der Waals surface area contributed by atoms with Crippen LogP contribution in [-0.2, 0) is 6.42 Å². The minimum absolute atomic E-state index is 0.0445. The Kier molecular flexibility index (Phi) is 3.83. The maximum Gasteiger partial charge on any atom is 0.316 e. The Labute approximate surface area is 133 Å². The summed E-state index contributed by atoms with van der Waals surface area (Å²) in [6, 6.07) is 3.86. The van der Waals surface area contributed by atoms with Crippen LogP contribution in [0.2, 0.25) is 5.15 Å². The topological polar surface area (TPSA) is 65.0 Å². The second kappa shape index (κ2) is 5.65. The predicted octanol–water partition coefficient (Wildman–Crippen LogP) is 3.06. The number of rotatable bonds is 2. The molecule has 0 fully saturated rings. The molecule has 1 aliphatic rings. The third kappa shape index (κ3) is 2.57. The zero-order valence-electron chi connectivity index (χ0n) is 12.7. The van der Waals surface area contributed by atoms with Crippen LogP contribution in [0, 0.1) is 13.8 Å². The van der Waals surface area contributed by atoms with Gasteiger partial charge in [-0.1, -0.05) is 11.6 Å². The van der Waals surface area contributed by atoms with Gasteiger partial charge in [0.15, 0.2) is 5.78 Å². The van der Waals surface area contributed by atoms with Crippen LogP contribution >= 0.6 is 11.6 Å². The third-order valence-corrected chi connectivity index (χ3v) is 4.08. The lowest BCUT2D eigenvalue weighted by Crippen LogP contribution is -2.24. The van der Waals surface area contributed by atoms with Crippen molar-refractivity contribution in [2.24, 2.45) is 0 Å². The molecule has 0 amide bonds. The van der Waals surface area contributed by atoms with E-state index in [9.17, 15) is 4.79 Å². The Morgan fingerprint density at radius 3 is 2.73 bits per heavy atom. The van der Waals surface area contributed by atoms with Gasteiger partial charge in [-0.2, -0.15) is 4.98 Å². The zero-order chi connectivity index (χ0) is 15.9. The second-order valence-corrected chi connectivity index (χ2v) is 5.85. The molecule has 6 heteroatoms. The van der Waals surface area contributed by atoms with E-state index >= 15 is 0 Å². The summed E-state index contributed by atoms with van der Waals surface area (Å²) >= 11 is 5.98. The number of carbonyl (C=O) groups is 1. The second-order valence-electron chi connectivity index (χ2n) is 5.46. The van der Waals surface area contributed by atoms with Crippen molar-refractivity contribution >= 4 is 17.4 Å².